The number of hydrogen-bond acceptors (Lipinski definition) is 4. The molecule has 0 saturated carbocycles. The van der Waals surface area contributed by atoms with E-state index in [1.807, 2.05) is 6.92 Å². The molecule has 2 N–H and O–H groups in total. The Morgan fingerprint density at radius 1 is 1.16 bits per heavy atom. The third-order valence-electron chi connectivity index (χ3n) is 2.27. The number of nitrogens with one attached hydrogen (secondary N) is 2. The number of aromatic nitrogens is 2. The summed E-state index contributed by atoms with van der Waals surface area (Å²) < 4.78 is 26.9. The highest BCUT2D eigenvalue weighted by atomic mass is 79.9. The molecule has 0 amide bonds. The Bertz CT molecular complexity index is 592. The molecule has 0 saturated heterocycles. The van der Waals surface area contributed by atoms with Crippen LogP contribution in [0.4, 0.5) is 26.1 Å². The quantitative estimate of drug-likeness (QED) is 0.840. The van der Waals surface area contributed by atoms with Crippen molar-refractivity contribution < 1.29 is 8.78 Å². The summed E-state index contributed by atoms with van der Waals surface area (Å²) in [5, 5.41) is 5.75. The van der Waals surface area contributed by atoms with Gasteiger partial charge in [-0.05, 0) is 28.9 Å². The molecule has 7 heteroatoms. The van der Waals surface area contributed by atoms with Gasteiger partial charge in [-0.15, -0.1) is 0 Å². The summed E-state index contributed by atoms with van der Waals surface area (Å²) in [4.78, 5) is 8.16. The van der Waals surface area contributed by atoms with Crippen LogP contribution in [0.2, 0.25) is 0 Å². The van der Waals surface area contributed by atoms with Gasteiger partial charge in [0.15, 0.2) is 5.82 Å². The van der Waals surface area contributed by atoms with Gasteiger partial charge in [0.1, 0.15) is 17.5 Å². The van der Waals surface area contributed by atoms with Crippen LogP contribution in [0.3, 0.4) is 0 Å². The molecule has 1 heterocycles. The average molecular weight is 329 g/mol. The molecule has 0 atom stereocenters. The smallest absolute Gasteiger partial charge is 0.151 e. The molecular weight excluding hydrogens is 318 g/mol. The molecule has 2 rings (SSSR count). The molecule has 100 valence electrons. The maximum atomic E-state index is 13.6. The molecule has 1 aromatic carbocycles. The second-order valence-corrected chi connectivity index (χ2v) is 4.55. The lowest BCUT2D eigenvalue weighted by molar-refractivity contribution is 0.581. The van der Waals surface area contributed by atoms with Gasteiger partial charge in [-0.25, -0.2) is 13.8 Å². The third-order valence-corrected chi connectivity index (χ3v) is 2.87. The monoisotopic (exact) mass is 328 g/mol. The van der Waals surface area contributed by atoms with Crippen molar-refractivity contribution >= 4 is 33.3 Å². The van der Waals surface area contributed by atoms with Gasteiger partial charge in [0.25, 0.3) is 0 Å². The number of anilines is 3. The Morgan fingerprint density at radius 2 is 1.89 bits per heavy atom. The van der Waals surface area contributed by atoms with Gasteiger partial charge in [-0.2, -0.15) is 0 Å². The van der Waals surface area contributed by atoms with Crippen molar-refractivity contribution in [2.24, 2.45) is 0 Å². The van der Waals surface area contributed by atoms with E-state index < -0.39 is 11.6 Å². The lowest BCUT2D eigenvalue weighted by atomic mass is 10.3. The normalized spacial score (nSPS) is 10.3. The average Bonchev–Trinajstić information content (AvgIpc) is 2.37. The van der Waals surface area contributed by atoms with Crippen LogP contribution >= 0.6 is 15.9 Å². The number of nitrogens with zero attached hydrogens (tertiary/aromatic N) is 2. The maximum Gasteiger partial charge on any atom is 0.151 e. The molecular formula is C12H11BrF2N4. The highest BCUT2D eigenvalue weighted by Gasteiger charge is 2.09. The second-order valence-electron chi connectivity index (χ2n) is 3.69. The minimum absolute atomic E-state index is 0.122. The maximum absolute atomic E-state index is 13.6. The SMILES string of the molecule is CCNc1cncc(Nc2cc(Br)c(F)cc2F)n1. The first-order valence-electron chi connectivity index (χ1n) is 5.57. The van der Waals surface area contributed by atoms with E-state index in [1.165, 1.54) is 12.3 Å². The van der Waals surface area contributed by atoms with Gasteiger partial charge in [-0.1, -0.05) is 0 Å². The van der Waals surface area contributed by atoms with Gasteiger partial charge in [0.2, 0.25) is 0 Å². The number of benzene rings is 1. The van der Waals surface area contributed by atoms with Crippen molar-refractivity contribution in [1.82, 2.24) is 9.97 Å². The Hall–Kier alpha value is -1.76. The van der Waals surface area contributed by atoms with E-state index in [-0.39, 0.29) is 10.2 Å². The van der Waals surface area contributed by atoms with Crippen LogP contribution in [0.1, 0.15) is 6.92 Å². The third kappa shape index (κ3) is 3.37. The Kier molecular flexibility index (Phi) is 4.26. The van der Waals surface area contributed by atoms with Crippen LogP contribution in [-0.2, 0) is 0 Å². The Morgan fingerprint density at radius 3 is 2.63 bits per heavy atom. The predicted molar refractivity (Wildman–Crippen MR) is 73.5 cm³/mol. The van der Waals surface area contributed by atoms with E-state index in [0.29, 0.717) is 18.2 Å². The molecule has 0 aliphatic rings. The molecule has 0 aliphatic heterocycles. The summed E-state index contributed by atoms with van der Waals surface area (Å²) in [6.07, 6.45) is 3.02. The van der Waals surface area contributed by atoms with E-state index >= 15 is 0 Å². The standard InChI is InChI=1S/C12H11BrF2N4/c1-2-17-11-5-16-6-12(19-11)18-10-3-7(13)8(14)4-9(10)15/h3-6H,2H2,1H3,(H2,17,18,19). The van der Waals surface area contributed by atoms with Crippen molar-refractivity contribution in [3.63, 3.8) is 0 Å². The van der Waals surface area contributed by atoms with E-state index in [0.717, 1.165) is 6.07 Å². The molecule has 1 aromatic heterocycles. The van der Waals surface area contributed by atoms with Crippen LogP contribution in [0.15, 0.2) is 29.0 Å². The Labute approximate surface area is 117 Å². The van der Waals surface area contributed by atoms with E-state index in [2.05, 4.69) is 36.5 Å². The van der Waals surface area contributed by atoms with Crippen molar-refractivity contribution in [3.05, 3.63) is 40.6 Å². The van der Waals surface area contributed by atoms with Gasteiger partial charge in [-0.3, -0.25) is 4.98 Å². The molecule has 0 fully saturated rings. The minimum Gasteiger partial charge on any atom is -0.369 e. The summed E-state index contributed by atoms with van der Waals surface area (Å²) in [7, 11) is 0. The zero-order valence-corrected chi connectivity index (χ0v) is 11.6. The summed E-state index contributed by atoms with van der Waals surface area (Å²) in [6.45, 7) is 2.63. The molecule has 0 aliphatic carbocycles. The summed E-state index contributed by atoms with van der Waals surface area (Å²) >= 11 is 3.00. The lowest BCUT2D eigenvalue weighted by Gasteiger charge is -2.09. The lowest BCUT2D eigenvalue weighted by Crippen LogP contribution is -2.03. The van der Waals surface area contributed by atoms with Gasteiger partial charge < -0.3 is 10.6 Å². The van der Waals surface area contributed by atoms with Crippen LogP contribution < -0.4 is 10.6 Å². The van der Waals surface area contributed by atoms with Crippen LogP contribution in [0.5, 0.6) is 0 Å². The number of rotatable bonds is 4. The first-order chi connectivity index (χ1) is 9.10. The molecule has 0 radical (unpaired) electrons. The van der Waals surface area contributed by atoms with E-state index in [9.17, 15) is 8.78 Å². The predicted octanol–water partition coefficient (Wildman–Crippen LogP) is 3.69. The second kappa shape index (κ2) is 5.92. The van der Waals surface area contributed by atoms with Crippen LogP contribution in [-0.4, -0.2) is 16.5 Å². The van der Waals surface area contributed by atoms with Crippen molar-refractivity contribution in [3.8, 4) is 0 Å². The summed E-state index contributed by atoms with van der Waals surface area (Å²) in [6, 6.07) is 2.11. The zero-order chi connectivity index (χ0) is 13.8. The fourth-order valence-corrected chi connectivity index (χ4v) is 1.79. The van der Waals surface area contributed by atoms with Crippen LogP contribution in [0.25, 0.3) is 0 Å². The first-order valence-corrected chi connectivity index (χ1v) is 6.37. The first kappa shape index (κ1) is 13.7. The number of hydrogen-bond donors (Lipinski definition) is 2. The van der Waals surface area contributed by atoms with Crippen LogP contribution in [0, 0.1) is 11.6 Å². The van der Waals surface area contributed by atoms with Crippen molar-refractivity contribution in [2.75, 3.05) is 17.2 Å². The van der Waals surface area contributed by atoms with E-state index in [4.69, 9.17) is 0 Å². The Balaban J connectivity index is 2.25. The van der Waals surface area contributed by atoms with Crippen molar-refractivity contribution in [1.29, 1.82) is 0 Å². The van der Waals surface area contributed by atoms with Crippen molar-refractivity contribution in [2.45, 2.75) is 6.92 Å². The fourth-order valence-electron chi connectivity index (χ4n) is 1.45. The van der Waals surface area contributed by atoms with E-state index in [1.54, 1.807) is 6.20 Å². The summed E-state index contributed by atoms with van der Waals surface area (Å²) in [5.74, 6) is -0.406. The van der Waals surface area contributed by atoms with Gasteiger partial charge in [0.05, 0.1) is 22.6 Å². The number of halogens is 3. The molecule has 0 unspecified atom stereocenters. The highest BCUT2D eigenvalue weighted by molar-refractivity contribution is 9.10. The molecule has 2 aromatic rings. The molecule has 19 heavy (non-hydrogen) atoms. The van der Waals surface area contributed by atoms with Gasteiger partial charge in [0, 0.05) is 12.6 Å². The largest absolute Gasteiger partial charge is 0.369 e. The van der Waals surface area contributed by atoms with Gasteiger partial charge >= 0.3 is 0 Å². The molecule has 4 nitrogen and oxygen atoms in total. The zero-order valence-electron chi connectivity index (χ0n) is 10.0. The minimum atomic E-state index is -0.698. The molecule has 0 spiro atoms. The molecule has 0 bridgehead atoms. The highest BCUT2D eigenvalue weighted by Crippen LogP contribution is 2.25. The summed E-state index contributed by atoms with van der Waals surface area (Å²) in [5.41, 5.74) is 0.122. The topological polar surface area (TPSA) is 49.8 Å². The fraction of sp³-hybridized carbons (Fsp3) is 0.167.